The van der Waals surface area contributed by atoms with Crippen LogP contribution in [0.1, 0.15) is 18.9 Å². The highest BCUT2D eigenvalue weighted by Crippen LogP contribution is 2.31. The molecule has 1 aliphatic rings. The lowest BCUT2D eigenvalue weighted by molar-refractivity contribution is 0.559. The Morgan fingerprint density at radius 1 is 0.957 bits per heavy atom. The fourth-order valence-corrected chi connectivity index (χ4v) is 2.74. The highest BCUT2D eigenvalue weighted by atomic mass is 16.4. The van der Waals surface area contributed by atoms with Gasteiger partial charge in [-0.1, -0.05) is 30.3 Å². The van der Waals surface area contributed by atoms with Crippen molar-refractivity contribution < 1.29 is 4.42 Å². The lowest BCUT2D eigenvalue weighted by atomic mass is 10.1. The first-order valence-corrected chi connectivity index (χ1v) is 7.45. The van der Waals surface area contributed by atoms with Crippen molar-refractivity contribution >= 4 is 33.8 Å². The van der Waals surface area contributed by atoms with Gasteiger partial charge in [0.25, 0.3) is 0 Å². The molecule has 0 bridgehead atoms. The molecule has 0 aliphatic carbocycles. The van der Waals surface area contributed by atoms with Gasteiger partial charge >= 0.3 is 5.63 Å². The number of fused-ring (bicyclic) bond motifs is 2. The summed E-state index contributed by atoms with van der Waals surface area (Å²) in [5.41, 5.74) is 3.92. The molecular weight excluding hydrogens is 288 g/mol. The normalized spacial score (nSPS) is 14.0. The number of aliphatic imine (C=N–C) groups is 2. The molecule has 1 aliphatic heterocycles. The van der Waals surface area contributed by atoms with Crippen LogP contribution in [0.5, 0.6) is 0 Å². The molecule has 112 valence electrons. The van der Waals surface area contributed by atoms with Crippen LogP contribution in [0.15, 0.2) is 73.8 Å². The summed E-state index contributed by atoms with van der Waals surface area (Å²) >= 11 is 0. The van der Waals surface area contributed by atoms with Crippen LogP contribution in [0.25, 0.3) is 11.0 Å². The molecule has 1 aromatic heterocycles. The van der Waals surface area contributed by atoms with Gasteiger partial charge in [0, 0.05) is 17.5 Å². The van der Waals surface area contributed by atoms with E-state index in [1.807, 2.05) is 55.5 Å². The predicted molar refractivity (Wildman–Crippen MR) is 92.5 cm³/mol. The molecule has 4 heteroatoms. The molecule has 0 spiro atoms. The summed E-state index contributed by atoms with van der Waals surface area (Å²) in [5.74, 6) is 0. The molecule has 0 saturated carbocycles. The molecule has 0 atom stereocenters. The summed E-state index contributed by atoms with van der Waals surface area (Å²) in [6.07, 6.45) is 0.526. The third-order valence-electron chi connectivity index (χ3n) is 3.82. The van der Waals surface area contributed by atoms with Gasteiger partial charge in [0.1, 0.15) is 5.58 Å². The summed E-state index contributed by atoms with van der Waals surface area (Å²) in [6, 6.07) is 17.0. The van der Waals surface area contributed by atoms with Crippen LogP contribution in [0, 0.1) is 0 Å². The maximum Gasteiger partial charge on any atom is 0.345 e. The number of hydrogen-bond acceptors (Lipinski definition) is 4. The van der Waals surface area contributed by atoms with E-state index in [4.69, 9.17) is 4.42 Å². The Hall–Kier alpha value is -3.01. The van der Waals surface area contributed by atoms with E-state index >= 15 is 0 Å². The second-order valence-corrected chi connectivity index (χ2v) is 5.56. The van der Waals surface area contributed by atoms with Crippen molar-refractivity contribution in [1.82, 2.24) is 0 Å². The zero-order chi connectivity index (χ0) is 15.8. The second kappa shape index (κ2) is 5.32. The molecule has 0 unspecified atom stereocenters. The molecule has 2 heterocycles. The van der Waals surface area contributed by atoms with Crippen molar-refractivity contribution in [2.24, 2.45) is 9.98 Å². The Morgan fingerprint density at radius 3 is 2.48 bits per heavy atom. The SMILES string of the molecule is CC1=Nc2ccccc2N=C(c2cc3ccccc3oc2=O)C1. The van der Waals surface area contributed by atoms with Crippen molar-refractivity contribution in [3.8, 4) is 0 Å². The Bertz CT molecular complexity index is 1030. The van der Waals surface area contributed by atoms with E-state index < -0.39 is 0 Å². The largest absolute Gasteiger partial charge is 0.422 e. The van der Waals surface area contributed by atoms with Crippen molar-refractivity contribution in [1.29, 1.82) is 0 Å². The van der Waals surface area contributed by atoms with Crippen molar-refractivity contribution in [3.05, 3.63) is 70.6 Å². The summed E-state index contributed by atoms with van der Waals surface area (Å²) < 4.78 is 5.43. The van der Waals surface area contributed by atoms with Gasteiger partial charge < -0.3 is 4.42 Å². The van der Waals surface area contributed by atoms with E-state index in [1.54, 1.807) is 6.07 Å². The molecule has 0 radical (unpaired) electrons. The van der Waals surface area contributed by atoms with E-state index in [9.17, 15) is 4.79 Å². The topological polar surface area (TPSA) is 54.9 Å². The average Bonchev–Trinajstić information content (AvgIpc) is 2.72. The number of para-hydroxylation sites is 3. The molecular formula is C19H14N2O2. The van der Waals surface area contributed by atoms with E-state index in [0.29, 0.717) is 23.3 Å². The van der Waals surface area contributed by atoms with Gasteiger partial charge in [-0.25, -0.2) is 9.79 Å². The zero-order valence-electron chi connectivity index (χ0n) is 12.6. The first kappa shape index (κ1) is 13.6. The molecule has 0 N–H and O–H groups in total. The van der Waals surface area contributed by atoms with Crippen LogP contribution < -0.4 is 5.63 Å². The van der Waals surface area contributed by atoms with Gasteiger partial charge in [-0.2, -0.15) is 0 Å². The molecule has 2 aromatic carbocycles. The highest BCUT2D eigenvalue weighted by molar-refractivity contribution is 6.15. The van der Waals surface area contributed by atoms with Crippen LogP contribution in [0.3, 0.4) is 0 Å². The third-order valence-corrected chi connectivity index (χ3v) is 3.82. The monoisotopic (exact) mass is 302 g/mol. The molecule has 3 aromatic rings. The summed E-state index contributed by atoms with van der Waals surface area (Å²) in [7, 11) is 0. The first-order valence-electron chi connectivity index (χ1n) is 7.45. The van der Waals surface area contributed by atoms with Gasteiger partial charge in [-0.15, -0.1) is 0 Å². The van der Waals surface area contributed by atoms with Crippen LogP contribution in [-0.4, -0.2) is 11.4 Å². The molecule has 23 heavy (non-hydrogen) atoms. The van der Waals surface area contributed by atoms with Crippen molar-refractivity contribution in [2.45, 2.75) is 13.3 Å². The zero-order valence-corrected chi connectivity index (χ0v) is 12.6. The van der Waals surface area contributed by atoms with Crippen LogP contribution in [0.4, 0.5) is 11.4 Å². The smallest absolute Gasteiger partial charge is 0.345 e. The van der Waals surface area contributed by atoms with Gasteiger partial charge in [0.05, 0.1) is 22.6 Å². The Morgan fingerprint density at radius 2 is 1.65 bits per heavy atom. The molecule has 0 fully saturated rings. The lowest BCUT2D eigenvalue weighted by Gasteiger charge is -2.05. The quantitative estimate of drug-likeness (QED) is 0.625. The first-order chi connectivity index (χ1) is 11.2. The lowest BCUT2D eigenvalue weighted by Crippen LogP contribution is -2.16. The number of nitrogens with zero attached hydrogens (tertiary/aromatic N) is 2. The fourth-order valence-electron chi connectivity index (χ4n) is 2.74. The number of benzene rings is 2. The molecule has 0 amide bonds. The number of hydrogen-bond donors (Lipinski definition) is 0. The minimum atomic E-state index is -0.366. The fraction of sp³-hybridized carbons (Fsp3) is 0.105. The van der Waals surface area contributed by atoms with E-state index in [2.05, 4.69) is 9.98 Å². The van der Waals surface area contributed by atoms with Gasteiger partial charge in [0.2, 0.25) is 0 Å². The molecule has 4 nitrogen and oxygen atoms in total. The Kier molecular flexibility index (Phi) is 3.15. The summed E-state index contributed by atoms with van der Waals surface area (Å²) in [6.45, 7) is 1.94. The second-order valence-electron chi connectivity index (χ2n) is 5.56. The third kappa shape index (κ3) is 2.48. The summed E-state index contributed by atoms with van der Waals surface area (Å²) in [5, 5.41) is 0.886. The van der Waals surface area contributed by atoms with Gasteiger partial charge in [-0.3, -0.25) is 4.99 Å². The van der Waals surface area contributed by atoms with Crippen LogP contribution >= 0.6 is 0 Å². The van der Waals surface area contributed by atoms with Crippen LogP contribution in [0.2, 0.25) is 0 Å². The Balaban J connectivity index is 1.94. The van der Waals surface area contributed by atoms with E-state index in [1.165, 1.54) is 0 Å². The van der Waals surface area contributed by atoms with E-state index in [-0.39, 0.29) is 5.63 Å². The minimum absolute atomic E-state index is 0.366. The molecule has 0 saturated heterocycles. The van der Waals surface area contributed by atoms with Crippen LogP contribution in [-0.2, 0) is 0 Å². The van der Waals surface area contributed by atoms with E-state index in [0.717, 1.165) is 22.5 Å². The summed E-state index contributed by atoms with van der Waals surface area (Å²) in [4.78, 5) is 21.6. The van der Waals surface area contributed by atoms with Gasteiger partial charge in [0.15, 0.2) is 0 Å². The van der Waals surface area contributed by atoms with Crippen molar-refractivity contribution in [3.63, 3.8) is 0 Å². The maximum atomic E-state index is 12.4. The van der Waals surface area contributed by atoms with Crippen molar-refractivity contribution in [2.75, 3.05) is 0 Å². The minimum Gasteiger partial charge on any atom is -0.422 e. The molecule has 4 rings (SSSR count). The maximum absolute atomic E-state index is 12.4. The average molecular weight is 302 g/mol. The number of rotatable bonds is 1. The van der Waals surface area contributed by atoms with Gasteiger partial charge in [-0.05, 0) is 31.2 Å². The Labute approximate surface area is 132 Å². The highest BCUT2D eigenvalue weighted by Gasteiger charge is 2.16. The predicted octanol–water partition coefficient (Wildman–Crippen LogP) is 4.41. The standard InChI is InChI=1S/C19H14N2O2/c1-12-10-17(21-16-8-4-3-7-15(16)20-12)14-11-13-6-2-5-9-18(13)23-19(14)22/h2-9,11H,10H2,1H3.